The van der Waals surface area contributed by atoms with Gasteiger partial charge in [0.05, 0.1) is 11.6 Å². The number of imide groups is 1. The zero-order chi connectivity index (χ0) is 20.5. The lowest BCUT2D eigenvalue weighted by atomic mass is 9.67. The van der Waals surface area contributed by atoms with Gasteiger partial charge in [-0.15, -0.1) is 0 Å². The Morgan fingerprint density at radius 3 is 2.61 bits per heavy atom. The van der Waals surface area contributed by atoms with Gasteiger partial charge in [0.2, 0.25) is 5.91 Å². The molecule has 0 bridgehead atoms. The number of urea groups is 1. The largest absolute Gasteiger partial charge is 0.325 e. The van der Waals surface area contributed by atoms with Crippen LogP contribution in [0.15, 0.2) is 24.3 Å². The SMILES string of the molecule is CC(C)(C)C1CCC2(CC1)NC(=O)N(CC(=O)Nc1cccc(C#N)c1)C2=O. The van der Waals surface area contributed by atoms with Crippen molar-refractivity contribution < 1.29 is 14.4 Å². The minimum atomic E-state index is -0.875. The summed E-state index contributed by atoms with van der Waals surface area (Å²) in [6, 6.07) is 7.97. The lowest BCUT2D eigenvalue weighted by Crippen LogP contribution is -2.50. The molecule has 1 spiro atoms. The van der Waals surface area contributed by atoms with Gasteiger partial charge >= 0.3 is 6.03 Å². The maximum absolute atomic E-state index is 13.0. The lowest BCUT2D eigenvalue weighted by Gasteiger charge is -2.40. The second-order valence-electron chi connectivity index (χ2n) is 8.78. The third kappa shape index (κ3) is 3.86. The molecule has 1 aromatic carbocycles. The molecule has 0 radical (unpaired) electrons. The molecule has 1 saturated heterocycles. The summed E-state index contributed by atoms with van der Waals surface area (Å²) in [5.74, 6) is -0.280. The van der Waals surface area contributed by atoms with Crippen molar-refractivity contribution >= 4 is 23.5 Å². The first-order valence-electron chi connectivity index (χ1n) is 9.59. The van der Waals surface area contributed by atoms with Crippen LogP contribution in [-0.2, 0) is 9.59 Å². The Kier molecular flexibility index (Phi) is 5.16. The number of nitrogens with zero attached hydrogens (tertiary/aromatic N) is 2. The van der Waals surface area contributed by atoms with Gasteiger partial charge in [0, 0.05) is 5.69 Å². The Bertz CT molecular complexity index is 842. The molecule has 2 aliphatic rings. The summed E-state index contributed by atoms with van der Waals surface area (Å²) in [7, 11) is 0. The number of hydrogen-bond acceptors (Lipinski definition) is 4. The summed E-state index contributed by atoms with van der Waals surface area (Å²) in [4.78, 5) is 38.7. The van der Waals surface area contributed by atoms with Crippen molar-refractivity contribution in [3.63, 3.8) is 0 Å². The molecular formula is C21H26N4O3. The van der Waals surface area contributed by atoms with Gasteiger partial charge in [-0.2, -0.15) is 5.26 Å². The molecule has 148 valence electrons. The minimum Gasteiger partial charge on any atom is -0.324 e. The number of amides is 4. The fourth-order valence-corrected chi connectivity index (χ4v) is 4.15. The maximum Gasteiger partial charge on any atom is 0.325 e. The van der Waals surface area contributed by atoms with Gasteiger partial charge in [-0.3, -0.25) is 14.5 Å². The number of benzene rings is 1. The molecule has 1 aromatic rings. The van der Waals surface area contributed by atoms with Crippen LogP contribution in [0.4, 0.5) is 10.5 Å². The third-order valence-corrected chi connectivity index (χ3v) is 5.89. The van der Waals surface area contributed by atoms with E-state index in [-0.39, 0.29) is 17.9 Å². The van der Waals surface area contributed by atoms with Crippen LogP contribution in [0.25, 0.3) is 0 Å². The van der Waals surface area contributed by atoms with E-state index in [1.54, 1.807) is 24.3 Å². The second-order valence-corrected chi connectivity index (χ2v) is 8.78. The van der Waals surface area contributed by atoms with Crippen LogP contribution >= 0.6 is 0 Å². The maximum atomic E-state index is 13.0. The van der Waals surface area contributed by atoms with Crippen molar-refractivity contribution in [3.05, 3.63) is 29.8 Å². The molecule has 1 heterocycles. The smallest absolute Gasteiger partial charge is 0.324 e. The van der Waals surface area contributed by atoms with Gasteiger partial charge in [0.25, 0.3) is 5.91 Å². The summed E-state index contributed by atoms with van der Waals surface area (Å²) in [6.07, 6.45) is 2.94. The number of anilines is 1. The molecular weight excluding hydrogens is 356 g/mol. The molecule has 0 atom stereocenters. The highest BCUT2D eigenvalue weighted by molar-refractivity contribution is 6.10. The summed E-state index contributed by atoms with van der Waals surface area (Å²) in [5, 5.41) is 14.4. The van der Waals surface area contributed by atoms with Gasteiger partial charge in [-0.25, -0.2) is 4.79 Å². The fraction of sp³-hybridized carbons (Fsp3) is 0.524. The van der Waals surface area contributed by atoms with E-state index in [0.717, 1.165) is 17.7 Å². The van der Waals surface area contributed by atoms with Crippen LogP contribution in [0.5, 0.6) is 0 Å². The van der Waals surface area contributed by atoms with E-state index in [1.807, 2.05) is 6.07 Å². The van der Waals surface area contributed by atoms with E-state index in [2.05, 4.69) is 31.4 Å². The van der Waals surface area contributed by atoms with Gasteiger partial charge in [0.15, 0.2) is 0 Å². The Morgan fingerprint density at radius 2 is 2.00 bits per heavy atom. The first kappa shape index (κ1) is 19.9. The quantitative estimate of drug-likeness (QED) is 0.784. The van der Waals surface area contributed by atoms with Crippen molar-refractivity contribution in [2.45, 2.75) is 52.0 Å². The number of hydrogen-bond donors (Lipinski definition) is 2. The molecule has 2 fully saturated rings. The fourth-order valence-electron chi connectivity index (χ4n) is 4.15. The van der Waals surface area contributed by atoms with Crippen LogP contribution in [0.3, 0.4) is 0 Å². The second kappa shape index (κ2) is 7.27. The van der Waals surface area contributed by atoms with E-state index >= 15 is 0 Å². The van der Waals surface area contributed by atoms with Crippen LogP contribution in [0.2, 0.25) is 0 Å². The average Bonchev–Trinajstić information content (AvgIpc) is 2.85. The first-order valence-corrected chi connectivity index (χ1v) is 9.59. The van der Waals surface area contributed by atoms with E-state index in [9.17, 15) is 14.4 Å². The Morgan fingerprint density at radius 1 is 1.32 bits per heavy atom. The van der Waals surface area contributed by atoms with Crippen LogP contribution < -0.4 is 10.6 Å². The zero-order valence-corrected chi connectivity index (χ0v) is 16.5. The Labute approximate surface area is 165 Å². The number of nitriles is 1. The molecule has 7 nitrogen and oxygen atoms in total. The van der Waals surface area contributed by atoms with Crippen molar-refractivity contribution in [1.82, 2.24) is 10.2 Å². The Balaban J connectivity index is 1.64. The minimum absolute atomic E-state index is 0.171. The first-order chi connectivity index (χ1) is 13.1. The molecule has 4 amide bonds. The van der Waals surface area contributed by atoms with Gasteiger partial charge in [-0.05, 0) is 55.2 Å². The van der Waals surface area contributed by atoms with Crippen molar-refractivity contribution in [1.29, 1.82) is 5.26 Å². The highest BCUT2D eigenvalue weighted by Crippen LogP contribution is 2.43. The molecule has 3 rings (SSSR count). The molecule has 28 heavy (non-hydrogen) atoms. The number of nitrogens with one attached hydrogen (secondary N) is 2. The van der Waals surface area contributed by atoms with Gasteiger partial charge < -0.3 is 10.6 Å². The standard InChI is InChI=1S/C21H26N4O3/c1-20(2,3)15-7-9-21(10-8-15)18(27)25(19(28)24-21)13-17(26)23-16-6-4-5-14(11-16)12-22/h4-6,11,15H,7-10,13H2,1-3H3,(H,23,26)(H,24,28). The lowest BCUT2D eigenvalue weighted by molar-refractivity contribution is -0.135. The Hall–Kier alpha value is -2.88. The van der Waals surface area contributed by atoms with Crippen LogP contribution in [0.1, 0.15) is 52.0 Å². The number of carbonyl (C=O) groups is 3. The highest BCUT2D eigenvalue weighted by Gasteiger charge is 2.53. The molecule has 0 unspecified atom stereocenters. The van der Waals surface area contributed by atoms with Crippen molar-refractivity contribution in [2.24, 2.45) is 11.3 Å². The molecule has 1 saturated carbocycles. The third-order valence-electron chi connectivity index (χ3n) is 5.89. The summed E-state index contributed by atoms with van der Waals surface area (Å²) >= 11 is 0. The summed E-state index contributed by atoms with van der Waals surface area (Å²) in [5.41, 5.74) is 0.170. The van der Waals surface area contributed by atoms with Crippen LogP contribution in [-0.4, -0.2) is 34.8 Å². The molecule has 0 aromatic heterocycles. The molecule has 1 aliphatic heterocycles. The molecule has 1 aliphatic carbocycles. The van der Waals surface area contributed by atoms with E-state index in [0.29, 0.717) is 30.0 Å². The van der Waals surface area contributed by atoms with Crippen LogP contribution in [0, 0.1) is 22.7 Å². The monoisotopic (exact) mass is 382 g/mol. The number of rotatable bonds is 3. The summed E-state index contributed by atoms with van der Waals surface area (Å²) < 4.78 is 0. The van der Waals surface area contributed by atoms with Crippen molar-refractivity contribution in [2.75, 3.05) is 11.9 Å². The normalized spacial score (nSPS) is 24.8. The van der Waals surface area contributed by atoms with E-state index in [4.69, 9.17) is 5.26 Å². The van der Waals surface area contributed by atoms with E-state index < -0.39 is 17.5 Å². The molecule has 7 heteroatoms. The average molecular weight is 382 g/mol. The van der Waals surface area contributed by atoms with E-state index in [1.165, 1.54) is 0 Å². The zero-order valence-electron chi connectivity index (χ0n) is 16.5. The summed E-state index contributed by atoms with van der Waals surface area (Å²) in [6.45, 7) is 6.25. The topological polar surface area (TPSA) is 102 Å². The highest BCUT2D eigenvalue weighted by atomic mass is 16.2. The molecule has 2 N–H and O–H groups in total. The predicted octanol–water partition coefficient (Wildman–Crippen LogP) is 3.02. The predicted molar refractivity (Wildman–Crippen MR) is 104 cm³/mol. The number of carbonyl (C=O) groups excluding carboxylic acids is 3. The van der Waals surface area contributed by atoms with Crippen molar-refractivity contribution in [3.8, 4) is 6.07 Å². The van der Waals surface area contributed by atoms with Gasteiger partial charge in [0.1, 0.15) is 12.1 Å². The van der Waals surface area contributed by atoms with Gasteiger partial charge in [-0.1, -0.05) is 26.8 Å².